The van der Waals surface area contributed by atoms with Gasteiger partial charge in [0.25, 0.3) is 0 Å². The maximum absolute atomic E-state index is 13.9. The van der Waals surface area contributed by atoms with Crippen molar-refractivity contribution in [2.45, 2.75) is 18.8 Å². The van der Waals surface area contributed by atoms with Gasteiger partial charge >= 0.3 is 0 Å². The SMILES string of the molecule is COc1nccc(F)c1Nc1nc(C2CC2)ccc1C#N. The van der Waals surface area contributed by atoms with Gasteiger partial charge < -0.3 is 10.1 Å². The van der Waals surface area contributed by atoms with Crippen LogP contribution in [0.5, 0.6) is 5.88 Å². The van der Waals surface area contributed by atoms with E-state index in [0.717, 1.165) is 18.5 Å². The van der Waals surface area contributed by atoms with Crippen molar-refractivity contribution in [3.8, 4) is 11.9 Å². The van der Waals surface area contributed by atoms with Crippen molar-refractivity contribution in [1.29, 1.82) is 5.26 Å². The predicted octanol–water partition coefficient (Wildman–Crippen LogP) is 3.12. The number of ether oxygens (including phenoxy) is 1. The molecule has 2 aromatic rings. The first kappa shape index (κ1) is 13.3. The number of aromatic nitrogens is 2. The fraction of sp³-hybridized carbons (Fsp3) is 0.267. The van der Waals surface area contributed by atoms with Crippen molar-refractivity contribution in [2.75, 3.05) is 12.4 Å². The normalized spacial score (nSPS) is 13.6. The number of nitrogens with one attached hydrogen (secondary N) is 1. The first-order valence-corrected chi connectivity index (χ1v) is 6.59. The Morgan fingerprint density at radius 3 is 2.86 bits per heavy atom. The number of methoxy groups -OCH3 is 1. The van der Waals surface area contributed by atoms with Crippen LogP contribution >= 0.6 is 0 Å². The Kier molecular flexibility index (Phi) is 3.40. The minimum absolute atomic E-state index is 0.0805. The van der Waals surface area contributed by atoms with E-state index in [1.807, 2.05) is 6.07 Å². The second-order valence-corrected chi connectivity index (χ2v) is 4.82. The quantitative estimate of drug-likeness (QED) is 0.934. The Bertz CT molecular complexity index is 722. The molecule has 0 saturated heterocycles. The largest absolute Gasteiger partial charge is 0.479 e. The van der Waals surface area contributed by atoms with Crippen LogP contribution < -0.4 is 10.1 Å². The molecule has 21 heavy (non-hydrogen) atoms. The van der Waals surface area contributed by atoms with Crippen LogP contribution in [0.2, 0.25) is 0 Å². The van der Waals surface area contributed by atoms with Crippen LogP contribution in [0.15, 0.2) is 24.4 Å². The molecule has 3 rings (SSSR count). The highest BCUT2D eigenvalue weighted by atomic mass is 19.1. The fourth-order valence-electron chi connectivity index (χ4n) is 2.07. The number of halogens is 1. The number of anilines is 2. The van der Waals surface area contributed by atoms with Crippen molar-refractivity contribution in [1.82, 2.24) is 9.97 Å². The van der Waals surface area contributed by atoms with E-state index < -0.39 is 5.82 Å². The molecule has 1 aliphatic rings. The average Bonchev–Trinajstić information content (AvgIpc) is 3.34. The van der Waals surface area contributed by atoms with E-state index in [2.05, 4.69) is 21.4 Å². The number of nitriles is 1. The Balaban J connectivity index is 2.01. The molecule has 1 fully saturated rings. The summed E-state index contributed by atoms with van der Waals surface area (Å²) >= 11 is 0. The molecule has 6 heteroatoms. The first-order valence-electron chi connectivity index (χ1n) is 6.59. The molecule has 1 saturated carbocycles. The molecular weight excluding hydrogens is 271 g/mol. The van der Waals surface area contributed by atoms with Gasteiger partial charge in [0, 0.05) is 17.8 Å². The van der Waals surface area contributed by atoms with Gasteiger partial charge in [0.15, 0.2) is 5.82 Å². The zero-order valence-corrected chi connectivity index (χ0v) is 11.4. The Hall–Kier alpha value is -2.68. The number of hydrogen-bond donors (Lipinski definition) is 1. The fourth-order valence-corrected chi connectivity index (χ4v) is 2.07. The topological polar surface area (TPSA) is 70.8 Å². The molecule has 0 radical (unpaired) electrons. The van der Waals surface area contributed by atoms with Gasteiger partial charge in [-0.1, -0.05) is 0 Å². The Morgan fingerprint density at radius 1 is 1.38 bits per heavy atom. The van der Waals surface area contributed by atoms with Crippen molar-refractivity contribution >= 4 is 11.5 Å². The molecule has 106 valence electrons. The van der Waals surface area contributed by atoms with Crippen LogP contribution in [0.25, 0.3) is 0 Å². The van der Waals surface area contributed by atoms with Gasteiger partial charge in [0.1, 0.15) is 17.6 Å². The highest BCUT2D eigenvalue weighted by molar-refractivity contribution is 5.67. The van der Waals surface area contributed by atoms with Gasteiger partial charge in [-0.3, -0.25) is 0 Å². The van der Waals surface area contributed by atoms with Crippen LogP contribution in [0.4, 0.5) is 15.9 Å². The highest BCUT2D eigenvalue weighted by Crippen LogP contribution is 2.40. The van der Waals surface area contributed by atoms with Crippen LogP contribution in [0.1, 0.15) is 30.0 Å². The summed E-state index contributed by atoms with van der Waals surface area (Å²) in [5.74, 6) is 0.382. The molecular formula is C15H13FN4O. The lowest BCUT2D eigenvalue weighted by molar-refractivity contribution is 0.397. The summed E-state index contributed by atoms with van der Waals surface area (Å²) in [7, 11) is 1.41. The lowest BCUT2D eigenvalue weighted by Crippen LogP contribution is -2.04. The second-order valence-electron chi connectivity index (χ2n) is 4.82. The van der Waals surface area contributed by atoms with E-state index in [0.29, 0.717) is 17.3 Å². The molecule has 5 nitrogen and oxygen atoms in total. The first-order chi connectivity index (χ1) is 10.2. The summed E-state index contributed by atoms with van der Waals surface area (Å²) in [6, 6.07) is 6.82. The van der Waals surface area contributed by atoms with E-state index >= 15 is 0 Å². The standard InChI is InChI=1S/C15H13FN4O/c1-21-15-13(11(16)6-7-18-15)20-14-10(8-17)4-5-12(19-14)9-2-3-9/h4-7,9H,2-3H2,1H3,(H,19,20). The molecule has 1 N–H and O–H groups in total. The van der Waals surface area contributed by atoms with Crippen LogP contribution in [0, 0.1) is 17.1 Å². The smallest absolute Gasteiger partial charge is 0.240 e. The van der Waals surface area contributed by atoms with Gasteiger partial charge in [0.2, 0.25) is 5.88 Å². The maximum Gasteiger partial charge on any atom is 0.240 e. The average molecular weight is 284 g/mol. The molecule has 0 spiro atoms. The summed E-state index contributed by atoms with van der Waals surface area (Å²) in [6.07, 6.45) is 3.52. The number of hydrogen-bond acceptors (Lipinski definition) is 5. The highest BCUT2D eigenvalue weighted by Gasteiger charge is 2.26. The summed E-state index contributed by atoms with van der Waals surface area (Å²) in [6.45, 7) is 0. The molecule has 0 bridgehead atoms. The van der Waals surface area contributed by atoms with Gasteiger partial charge in [-0.05, 0) is 31.0 Å². The zero-order chi connectivity index (χ0) is 14.8. The van der Waals surface area contributed by atoms with Crippen LogP contribution in [-0.2, 0) is 0 Å². The minimum Gasteiger partial charge on any atom is -0.479 e. The Morgan fingerprint density at radius 2 is 2.19 bits per heavy atom. The molecule has 0 unspecified atom stereocenters. The lowest BCUT2D eigenvalue weighted by Gasteiger charge is -2.12. The minimum atomic E-state index is -0.510. The van der Waals surface area contributed by atoms with Gasteiger partial charge in [-0.25, -0.2) is 14.4 Å². The molecule has 0 amide bonds. The molecule has 0 aromatic carbocycles. The second kappa shape index (κ2) is 5.37. The molecule has 1 aliphatic carbocycles. The van der Waals surface area contributed by atoms with E-state index in [4.69, 9.17) is 10.00 Å². The van der Waals surface area contributed by atoms with E-state index in [1.54, 1.807) is 6.07 Å². The summed E-state index contributed by atoms with van der Waals surface area (Å²) in [5.41, 5.74) is 1.35. The van der Waals surface area contributed by atoms with Crippen LogP contribution in [0.3, 0.4) is 0 Å². The predicted molar refractivity (Wildman–Crippen MR) is 75.0 cm³/mol. The third-order valence-corrected chi connectivity index (χ3v) is 3.33. The molecule has 0 atom stereocenters. The van der Waals surface area contributed by atoms with E-state index in [-0.39, 0.29) is 11.6 Å². The van der Waals surface area contributed by atoms with Crippen molar-refractivity contribution < 1.29 is 9.13 Å². The monoisotopic (exact) mass is 284 g/mol. The van der Waals surface area contributed by atoms with Gasteiger partial charge in [-0.15, -0.1) is 0 Å². The summed E-state index contributed by atoms with van der Waals surface area (Å²) in [5, 5.41) is 12.0. The number of rotatable bonds is 4. The molecule has 2 aromatic heterocycles. The number of pyridine rings is 2. The summed E-state index contributed by atoms with van der Waals surface area (Å²) < 4.78 is 19.0. The number of nitrogens with zero attached hydrogens (tertiary/aromatic N) is 3. The van der Waals surface area contributed by atoms with E-state index in [9.17, 15) is 4.39 Å². The third-order valence-electron chi connectivity index (χ3n) is 3.33. The van der Waals surface area contributed by atoms with Crippen molar-refractivity contribution in [3.63, 3.8) is 0 Å². The van der Waals surface area contributed by atoms with Crippen molar-refractivity contribution in [2.24, 2.45) is 0 Å². The third kappa shape index (κ3) is 2.63. The Labute approximate surface area is 121 Å². The van der Waals surface area contributed by atoms with Crippen molar-refractivity contribution in [3.05, 3.63) is 41.5 Å². The lowest BCUT2D eigenvalue weighted by atomic mass is 10.2. The zero-order valence-electron chi connectivity index (χ0n) is 11.4. The van der Waals surface area contributed by atoms with Crippen LogP contribution in [-0.4, -0.2) is 17.1 Å². The molecule has 0 aliphatic heterocycles. The van der Waals surface area contributed by atoms with E-state index in [1.165, 1.54) is 19.4 Å². The van der Waals surface area contributed by atoms with Gasteiger partial charge in [-0.2, -0.15) is 5.26 Å². The maximum atomic E-state index is 13.9. The molecule has 2 heterocycles. The van der Waals surface area contributed by atoms with Gasteiger partial charge in [0.05, 0.1) is 12.7 Å². The summed E-state index contributed by atoms with van der Waals surface area (Å²) in [4.78, 5) is 8.38.